The van der Waals surface area contributed by atoms with E-state index in [0.717, 1.165) is 25.7 Å². The molecule has 19 heavy (non-hydrogen) atoms. The Morgan fingerprint density at radius 2 is 1.95 bits per heavy atom. The number of rotatable bonds is 3. The van der Waals surface area contributed by atoms with Gasteiger partial charge >= 0.3 is 0 Å². The molecule has 4 heteroatoms. The first-order valence-corrected chi connectivity index (χ1v) is 7.67. The third-order valence-electron chi connectivity index (χ3n) is 2.72. The summed E-state index contributed by atoms with van der Waals surface area (Å²) in [6, 6.07) is 10.1. The Labute approximate surface area is 126 Å². The minimum Gasteiger partial charge on any atom is -0.389 e. The zero-order valence-corrected chi connectivity index (χ0v) is 13.5. The van der Waals surface area contributed by atoms with Gasteiger partial charge in [0.15, 0.2) is 0 Å². The van der Waals surface area contributed by atoms with Crippen molar-refractivity contribution in [1.82, 2.24) is 4.98 Å². The molecule has 1 N–H and O–H groups in total. The second-order valence-corrected chi connectivity index (χ2v) is 6.53. The van der Waals surface area contributed by atoms with Gasteiger partial charge in [0.2, 0.25) is 0 Å². The number of halogens is 1. The summed E-state index contributed by atoms with van der Waals surface area (Å²) in [7, 11) is 0. The molecular formula is C15H16BrNOS. The summed E-state index contributed by atoms with van der Waals surface area (Å²) >= 11 is 5.12. The molecule has 0 saturated carbocycles. The predicted octanol–water partition coefficient (Wildman–Crippen LogP) is 4.67. The van der Waals surface area contributed by atoms with E-state index in [0.29, 0.717) is 0 Å². The number of aliphatic hydroxyl groups is 1. The molecule has 1 atom stereocenters. The molecule has 2 nitrogen and oxygen atoms in total. The van der Waals surface area contributed by atoms with Crippen LogP contribution < -0.4 is 0 Å². The van der Waals surface area contributed by atoms with Crippen molar-refractivity contribution in [1.29, 1.82) is 0 Å². The average molecular weight is 338 g/mol. The highest BCUT2D eigenvalue weighted by molar-refractivity contribution is 9.10. The maximum atomic E-state index is 9.61. The summed E-state index contributed by atoms with van der Waals surface area (Å²) in [6.45, 7) is 5.84. The highest BCUT2D eigenvalue weighted by Gasteiger charge is 2.08. The van der Waals surface area contributed by atoms with E-state index < -0.39 is 6.10 Å². The van der Waals surface area contributed by atoms with Crippen molar-refractivity contribution in [3.63, 3.8) is 0 Å². The van der Waals surface area contributed by atoms with Crippen LogP contribution in [0, 0.1) is 13.8 Å². The van der Waals surface area contributed by atoms with Crippen molar-refractivity contribution in [3.05, 3.63) is 51.6 Å². The van der Waals surface area contributed by atoms with E-state index in [4.69, 9.17) is 0 Å². The summed E-state index contributed by atoms with van der Waals surface area (Å²) in [4.78, 5) is 5.62. The van der Waals surface area contributed by atoms with Gasteiger partial charge in [-0.25, -0.2) is 4.98 Å². The standard InChI is InChI=1S/C15H16BrNOS/c1-9-6-10(2)17-15(7-9)19-12-4-5-13(11(3)18)14(16)8-12/h4-8,11,18H,1-3H3. The predicted molar refractivity (Wildman–Crippen MR) is 82.6 cm³/mol. The lowest BCUT2D eigenvalue weighted by atomic mass is 10.1. The number of nitrogens with zero attached hydrogens (tertiary/aromatic N) is 1. The molecule has 2 rings (SSSR count). The van der Waals surface area contributed by atoms with Crippen LogP contribution in [-0.4, -0.2) is 10.1 Å². The summed E-state index contributed by atoms with van der Waals surface area (Å²) in [5, 5.41) is 10.6. The monoisotopic (exact) mass is 337 g/mol. The topological polar surface area (TPSA) is 33.1 Å². The lowest BCUT2D eigenvalue weighted by molar-refractivity contribution is 0.198. The molecule has 1 aromatic heterocycles. The van der Waals surface area contributed by atoms with Crippen LogP contribution in [0.5, 0.6) is 0 Å². The molecule has 100 valence electrons. The molecule has 0 fully saturated rings. The molecule has 0 saturated heterocycles. The summed E-state index contributed by atoms with van der Waals surface area (Å²) in [5.74, 6) is 0. The first kappa shape index (κ1) is 14.6. The van der Waals surface area contributed by atoms with Crippen LogP contribution >= 0.6 is 27.7 Å². The zero-order valence-electron chi connectivity index (χ0n) is 11.1. The van der Waals surface area contributed by atoms with E-state index in [1.165, 1.54) is 5.56 Å². The molecule has 0 amide bonds. The Morgan fingerprint density at radius 3 is 2.53 bits per heavy atom. The summed E-state index contributed by atoms with van der Waals surface area (Å²) < 4.78 is 0.928. The Hall–Kier alpha value is -0.840. The average Bonchev–Trinajstić information content (AvgIpc) is 2.26. The SMILES string of the molecule is Cc1cc(C)nc(Sc2ccc(C(C)O)c(Br)c2)c1. The van der Waals surface area contributed by atoms with Crippen LogP contribution in [-0.2, 0) is 0 Å². The molecular weight excluding hydrogens is 322 g/mol. The first-order chi connectivity index (χ1) is 8.95. The Balaban J connectivity index is 2.26. The lowest BCUT2D eigenvalue weighted by Gasteiger charge is -2.09. The van der Waals surface area contributed by atoms with Crippen molar-refractivity contribution in [2.45, 2.75) is 36.8 Å². The summed E-state index contributed by atoms with van der Waals surface area (Å²) in [5.41, 5.74) is 3.15. The number of pyridine rings is 1. The van der Waals surface area contributed by atoms with Gasteiger partial charge in [0, 0.05) is 15.1 Å². The molecule has 0 aliphatic carbocycles. The highest BCUT2D eigenvalue weighted by atomic mass is 79.9. The van der Waals surface area contributed by atoms with Crippen LogP contribution in [0.25, 0.3) is 0 Å². The van der Waals surface area contributed by atoms with Gasteiger partial charge in [-0.2, -0.15) is 0 Å². The van der Waals surface area contributed by atoms with Gasteiger partial charge < -0.3 is 5.11 Å². The van der Waals surface area contributed by atoms with Crippen molar-refractivity contribution in [2.24, 2.45) is 0 Å². The minimum absolute atomic E-state index is 0.465. The van der Waals surface area contributed by atoms with Gasteiger partial charge in [0.1, 0.15) is 5.03 Å². The van der Waals surface area contributed by atoms with Crippen LogP contribution in [0.2, 0.25) is 0 Å². The van der Waals surface area contributed by atoms with E-state index >= 15 is 0 Å². The molecule has 1 unspecified atom stereocenters. The van der Waals surface area contributed by atoms with Crippen LogP contribution in [0.4, 0.5) is 0 Å². The number of benzene rings is 1. The quantitative estimate of drug-likeness (QED) is 0.883. The Morgan fingerprint density at radius 1 is 1.21 bits per heavy atom. The van der Waals surface area contributed by atoms with Crippen LogP contribution in [0.15, 0.2) is 44.7 Å². The van der Waals surface area contributed by atoms with Gasteiger partial charge in [-0.1, -0.05) is 33.8 Å². The normalized spacial score (nSPS) is 12.5. The largest absolute Gasteiger partial charge is 0.389 e. The Kier molecular flexibility index (Phi) is 4.66. The fourth-order valence-electron chi connectivity index (χ4n) is 1.89. The summed E-state index contributed by atoms with van der Waals surface area (Å²) in [6.07, 6.45) is -0.465. The zero-order chi connectivity index (χ0) is 14.0. The molecule has 1 aromatic carbocycles. The van der Waals surface area contributed by atoms with E-state index in [9.17, 15) is 5.11 Å². The van der Waals surface area contributed by atoms with Gasteiger partial charge in [0.25, 0.3) is 0 Å². The number of aryl methyl sites for hydroxylation is 2. The number of hydrogen-bond donors (Lipinski definition) is 1. The maximum Gasteiger partial charge on any atom is 0.101 e. The van der Waals surface area contributed by atoms with E-state index in [2.05, 4.69) is 40.0 Å². The number of aromatic nitrogens is 1. The molecule has 0 aliphatic heterocycles. The molecule has 1 heterocycles. The van der Waals surface area contributed by atoms with E-state index in [1.807, 2.05) is 25.1 Å². The van der Waals surface area contributed by atoms with E-state index in [-0.39, 0.29) is 0 Å². The van der Waals surface area contributed by atoms with Crippen molar-refractivity contribution < 1.29 is 5.11 Å². The Bertz CT molecular complexity index is 578. The third kappa shape index (κ3) is 3.81. The molecule has 2 aromatic rings. The molecule has 0 aliphatic rings. The first-order valence-electron chi connectivity index (χ1n) is 6.06. The third-order valence-corrected chi connectivity index (χ3v) is 4.31. The second kappa shape index (κ2) is 6.07. The van der Waals surface area contributed by atoms with Crippen molar-refractivity contribution >= 4 is 27.7 Å². The lowest BCUT2D eigenvalue weighted by Crippen LogP contribution is -1.92. The number of aliphatic hydroxyl groups excluding tert-OH is 1. The van der Waals surface area contributed by atoms with Gasteiger partial charge in [-0.15, -0.1) is 0 Å². The molecule has 0 spiro atoms. The fraction of sp³-hybridized carbons (Fsp3) is 0.267. The van der Waals surface area contributed by atoms with Gasteiger partial charge in [-0.05, 0) is 56.2 Å². The van der Waals surface area contributed by atoms with E-state index in [1.54, 1.807) is 18.7 Å². The van der Waals surface area contributed by atoms with Crippen molar-refractivity contribution in [2.75, 3.05) is 0 Å². The maximum absolute atomic E-state index is 9.61. The smallest absolute Gasteiger partial charge is 0.101 e. The van der Waals surface area contributed by atoms with Crippen molar-refractivity contribution in [3.8, 4) is 0 Å². The van der Waals surface area contributed by atoms with Crippen LogP contribution in [0.3, 0.4) is 0 Å². The number of hydrogen-bond acceptors (Lipinski definition) is 3. The molecule has 0 radical (unpaired) electrons. The highest BCUT2D eigenvalue weighted by Crippen LogP contribution is 2.32. The van der Waals surface area contributed by atoms with Gasteiger partial charge in [-0.3, -0.25) is 0 Å². The molecule has 0 bridgehead atoms. The van der Waals surface area contributed by atoms with Crippen LogP contribution in [0.1, 0.15) is 29.8 Å². The van der Waals surface area contributed by atoms with Gasteiger partial charge in [0.05, 0.1) is 6.10 Å². The minimum atomic E-state index is -0.465. The fourth-order valence-corrected chi connectivity index (χ4v) is 3.74. The second-order valence-electron chi connectivity index (χ2n) is 4.59.